The molecule has 1 spiro atoms. The molecule has 54 heavy (non-hydrogen) atoms. The molecular formula is C51H35BN2. The minimum Gasteiger partial charge on any atom is -0.310 e. The first kappa shape index (κ1) is 31.0. The summed E-state index contributed by atoms with van der Waals surface area (Å²) >= 11 is 0. The van der Waals surface area contributed by atoms with E-state index in [0.29, 0.717) is 0 Å². The Morgan fingerprint density at radius 2 is 0.981 bits per heavy atom. The highest BCUT2D eigenvalue weighted by Gasteiger charge is 2.51. The Labute approximate surface area is 317 Å². The van der Waals surface area contributed by atoms with E-state index in [1.165, 1.54) is 66.4 Å². The first-order valence-corrected chi connectivity index (χ1v) is 18.9. The summed E-state index contributed by atoms with van der Waals surface area (Å²) in [5, 5.41) is 2.41. The molecule has 0 fully saturated rings. The van der Waals surface area contributed by atoms with E-state index in [0.717, 1.165) is 40.1 Å². The Hall–Kier alpha value is -6.58. The highest BCUT2D eigenvalue weighted by atomic mass is 15.1. The summed E-state index contributed by atoms with van der Waals surface area (Å²) in [5.41, 5.74) is 19.1. The fourth-order valence-electron chi connectivity index (χ4n) is 9.58. The number of fused-ring (bicyclic) bond motifs is 13. The van der Waals surface area contributed by atoms with Gasteiger partial charge < -0.3 is 9.47 Å². The molecule has 0 atom stereocenters. The van der Waals surface area contributed by atoms with E-state index >= 15 is 0 Å². The molecule has 1 aromatic heterocycles. The molecule has 11 rings (SSSR count). The molecule has 2 aliphatic carbocycles. The smallest absolute Gasteiger partial charge is 0.113 e. The zero-order valence-electron chi connectivity index (χ0n) is 30.0. The summed E-state index contributed by atoms with van der Waals surface area (Å²) in [6, 6.07) is 67.0. The van der Waals surface area contributed by atoms with Gasteiger partial charge in [0.1, 0.15) is 7.85 Å². The van der Waals surface area contributed by atoms with Gasteiger partial charge in [-0.15, -0.1) is 0 Å². The van der Waals surface area contributed by atoms with Crippen LogP contribution < -0.4 is 10.4 Å². The Morgan fingerprint density at radius 3 is 1.61 bits per heavy atom. The van der Waals surface area contributed by atoms with Gasteiger partial charge in [-0.1, -0.05) is 128 Å². The molecule has 0 saturated heterocycles. The Bertz CT molecular complexity index is 2870. The van der Waals surface area contributed by atoms with E-state index in [2.05, 4.69) is 192 Å². The minimum atomic E-state index is -0.404. The maximum Gasteiger partial charge on any atom is 0.113 e. The summed E-state index contributed by atoms with van der Waals surface area (Å²) < 4.78 is 2.37. The molecule has 0 saturated carbocycles. The van der Waals surface area contributed by atoms with Crippen molar-refractivity contribution in [3.8, 4) is 27.9 Å². The molecular weight excluding hydrogens is 651 g/mol. The molecule has 3 heteroatoms. The molecule has 9 aromatic rings. The van der Waals surface area contributed by atoms with Crippen LogP contribution in [0, 0.1) is 0 Å². The van der Waals surface area contributed by atoms with E-state index in [9.17, 15) is 0 Å². The third kappa shape index (κ3) is 4.24. The number of rotatable bonds is 5. The number of para-hydroxylation sites is 1. The molecule has 252 valence electrons. The molecule has 1 heterocycles. The summed E-state index contributed by atoms with van der Waals surface area (Å²) in [6.45, 7) is 2.21. The van der Waals surface area contributed by atoms with Crippen molar-refractivity contribution in [1.29, 1.82) is 0 Å². The fourth-order valence-corrected chi connectivity index (χ4v) is 9.58. The standard InChI is InChI=1S/C51H35BN2/c1-2-33-20-28-49-43(30-33)44-31-34(52)21-29-50(44)54(49)37-24-22-36(23-25-37)53(35-12-4-3-5-13-35)38-26-27-42-41-16-8-11-19-47(41)51(48(42)32-38)45-17-9-6-14-39(45)40-15-7-10-18-46(40)51/h3-32H,2H2,1H3. The SMILES string of the molecule is [B]c1ccc2c(c1)c1cc(CC)ccc1n2-c1ccc(N(c2ccccc2)c2ccc3c(c2)C2(c4ccccc4-c4ccccc42)c2ccccc2-3)cc1. The third-order valence-corrected chi connectivity index (χ3v) is 11.9. The maximum absolute atomic E-state index is 6.33. The van der Waals surface area contributed by atoms with Crippen LogP contribution in [0.2, 0.25) is 0 Å². The molecule has 2 aliphatic rings. The van der Waals surface area contributed by atoms with Crippen LogP contribution in [0.25, 0.3) is 49.7 Å². The molecule has 0 unspecified atom stereocenters. The molecule has 0 aliphatic heterocycles. The Balaban J connectivity index is 1.10. The zero-order valence-corrected chi connectivity index (χ0v) is 30.0. The van der Waals surface area contributed by atoms with Crippen molar-refractivity contribution in [3.63, 3.8) is 0 Å². The largest absolute Gasteiger partial charge is 0.310 e. The average molecular weight is 687 g/mol. The van der Waals surface area contributed by atoms with Gasteiger partial charge >= 0.3 is 0 Å². The van der Waals surface area contributed by atoms with Crippen LogP contribution in [0.1, 0.15) is 34.7 Å². The van der Waals surface area contributed by atoms with Gasteiger partial charge in [-0.2, -0.15) is 0 Å². The second-order valence-electron chi connectivity index (χ2n) is 14.6. The van der Waals surface area contributed by atoms with E-state index < -0.39 is 5.41 Å². The highest BCUT2D eigenvalue weighted by Crippen LogP contribution is 2.63. The number of anilines is 3. The average Bonchev–Trinajstić information content (AvgIpc) is 3.83. The maximum atomic E-state index is 6.33. The topological polar surface area (TPSA) is 8.17 Å². The highest BCUT2D eigenvalue weighted by molar-refractivity contribution is 6.34. The second-order valence-corrected chi connectivity index (χ2v) is 14.6. The van der Waals surface area contributed by atoms with E-state index in [1.54, 1.807) is 0 Å². The number of nitrogens with zero attached hydrogens (tertiary/aromatic N) is 2. The lowest BCUT2D eigenvalue weighted by molar-refractivity contribution is 0.793. The fraction of sp³-hybridized carbons (Fsp3) is 0.0588. The van der Waals surface area contributed by atoms with Gasteiger partial charge in [0.15, 0.2) is 0 Å². The van der Waals surface area contributed by atoms with Crippen molar-refractivity contribution in [2.75, 3.05) is 4.90 Å². The van der Waals surface area contributed by atoms with Gasteiger partial charge in [0.05, 0.1) is 16.4 Å². The van der Waals surface area contributed by atoms with Crippen LogP contribution in [0.5, 0.6) is 0 Å². The summed E-state index contributed by atoms with van der Waals surface area (Å²) in [4.78, 5) is 2.40. The number of aromatic nitrogens is 1. The van der Waals surface area contributed by atoms with Gasteiger partial charge in [-0.05, 0) is 123 Å². The summed E-state index contributed by atoms with van der Waals surface area (Å²) in [6.07, 6.45) is 0.990. The first-order chi connectivity index (χ1) is 26.6. The predicted octanol–water partition coefficient (Wildman–Crippen LogP) is 12.0. The van der Waals surface area contributed by atoms with Crippen LogP contribution in [0.15, 0.2) is 182 Å². The molecule has 2 radical (unpaired) electrons. The van der Waals surface area contributed by atoms with E-state index in [4.69, 9.17) is 7.85 Å². The van der Waals surface area contributed by atoms with Crippen LogP contribution in [-0.4, -0.2) is 12.4 Å². The molecule has 8 aromatic carbocycles. The third-order valence-electron chi connectivity index (χ3n) is 11.9. The minimum absolute atomic E-state index is 0.404. The Kier molecular flexibility index (Phi) is 6.72. The lowest BCUT2D eigenvalue weighted by Gasteiger charge is -2.32. The van der Waals surface area contributed by atoms with Gasteiger partial charge in [0, 0.05) is 33.5 Å². The Morgan fingerprint density at radius 1 is 0.463 bits per heavy atom. The summed E-state index contributed by atoms with van der Waals surface area (Å²) in [7, 11) is 6.33. The van der Waals surface area contributed by atoms with Crippen molar-refractivity contribution in [2.24, 2.45) is 0 Å². The summed E-state index contributed by atoms with van der Waals surface area (Å²) in [5.74, 6) is 0. The predicted molar refractivity (Wildman–Crippen MR) is 227 cm³/mol. The van der Waals surface area contributed by atoms with Crippen molar-refractivity contribution in [1.82, 2.24) is 4.57 Å². The number of benzene rings is 8. The van der Waals surface area contributed by atoms with Crippen LogP contribution >= 0.6 is 0 Å². The van der Waals surface area contributed by atoms with Crippen molar-refractivity contribution in [3.05, 3.63) is 210 Å². The van der Waals surface area contributed by atoms with Crippen LogP contribution in [-0.2, 0) is 11.8 Å². The first-order valence-electron chi connectivity index (χ1n) is 18.9. The van der Waals surface area contributed by atoms with Gasteiger partial charge in [-0.3, -0.25) is 0 Å². The van der Waals surface area contributed by atoms with Gasteiger partial charge in [0.2, 0.25) is 0 Å². The normalized spacial score (nSPS) is 13.2. The molecule has 2 nitrogen and oxygen atoms in total. The van der Waals surface area contributed by atoms with Crippen molar-refractivity contribution < 1.29 is 0 Å². The van der Waals surface area contributed by atoms with Crippen molar-refractivity contribution >= 4 is 52.2 Å². The quantitative estimate of drug-likeness (QED) is 0.164. The van der Waals surface area contributed by atoms with Crippen LogP contribution in [0.3, 0.4) is 0 Å². The van der Waals surface area contributed by atoms with E-state index in [1.807, 2.05) is 6.07 Å². The van der Waals surface area contributed by atoms with Gasteiger partial charge in [0.25, 0.3) is 0 Å². The van der Waals surface area contributed by atoms with Crippen LogP contribution in [0.4, 0.5) is 17.1 Å². The number of aryl methyl sites for hydroxylation is 1. The lowest BCUT2D eigenvalue weighted by Crippen LogP contribution is -2.26. The number of hydrogen-bond donors (Lipinski definition) is 0. The molecule has 0 bridgehead atoms. The zero-order chi connectivity index (χ0) is 36.0. The molecule has 0 amide bonds. The monoisotopic (exact) mass is 686 g/mol. The van der Waals surface area contributed by atoms with Crippen molar-refractivity contribution in [2.45, 2.75) is 18.8 Å². The van der Waals surface area contributed by atoms with Gasteiger partial charge in [-0.25, -0.2) is 0 Å². The lowest BCUT2D eigenvalue weighted by atomic mass is 9.70. The number of hydrogen-bond acceptors (Lipinski definition) is 1. The second kappa shape index (κ2) is 11.7. The van der Waals surface area contributed by atoms with E-state index in [-0.39, 0.29) is 0 Å². The molecule has 0 N–H and O–H groups in total.